The van der Waals surface area contributed by atoms with E-state index in [0.29, 0.717) is 0 Å². The summed E-state index contributed by atoms with van der Waals surface area (Å²) in [6, 6.07) is 1.42. The van der Waals surface area contributed by atoms with E-state index < -0.39 is 21.4 Å². The molecule has 0 radical (unpaired) electrons. The zero-order chi connectivity index (χ0) is 19.7. The van der Waals surface area contributed by atoms with E-state index in [1.165, 1.54) is 43.7 Å². The Morgan fingerprint density at radius 3 is 2.85 bits per heavy atom. The molecule has 0 spiro atoms. The first-order valence-corrected chi connectivity index (χ1v) is 9.41. The third kappa shape index (κ3) is 4.08. The number of alkyl halides is 2. The van der Waals surface area contributed by atoms with Crippen LogP contribution in [0.2, 0.25) is 5.15 Å². The summed E-state index contributed by atoms with van der Waals surface area (Å²) >= 11 is 5.75. The van der Waals surface area contributed by atoms with Crippen LogP contribution in [0.4, 0.5) is 20.4 Å². The third-order valence-electron chi connectivity index (χ3n) is 3.74. The van der Waals surface area contributed by atoms with Crippen LogP contribution in [-0.4, -0.2) is 38.9 Å². The van der Waals surface area contributed by atoms with Crippen LogP contribution < -0.4 is 5.32 Å². The largest absolute Gasteiger partial charge is 0.435 e. The highest BCUT2D eigenvalue weighted by Crippen LogP contribution is 2.32. The van der Waals surface area contributed by atoms with Crippen LogP contribution in [0.5, 0.6) is 0 Å². The molecule has 8 nitrogen and oxygen atoms in total. The molecule has 2 aromatic heterocycles. The van der Waals surface area contributed by atoms with Gasteiger partial charge >= 0.3 is 6.61 Å². The number of rotatable bonds is 6. The minimum Gasteiger partial charge on any atom is -0.435 e. The van der Waals surface area contributed by atoms with Gasteiger partial charge in [0.1, 0.15) is 15.7 Å². The van der Waals surface area contributed by atoms with Crippen LogP contribution in [0.1, 0.15) is 13.3 Å². The molecule has 2 aromatic rings. The molecule has 0 bridgehead atoms. The number of nitrogens with zero attached hydrogens (tertiary/aromatic N) is 4. The van der Waals surface area contributed by atoms with Crippen molar-refractivity contribution in [3.05, 3.63) is 53.8 Å². The molecule has 1 aliphatic rings. The molecule has 0 aliphatic heterocycles. The summed E-state index contributed by atoms with van der Waals surface area (Å²) in [6.07, 6.45) is 7.96. The number of hydrogen-bond donors (Lipinski definition) is 1. The Hall–Kier alpha value is -2.53. The standard InChI is InChI=1S/C15H14ClF2N5O3S/c1-15(5-2-3-10(7-15)26-14(17)18)27(24,25)23-6-4-12(22-23)21-13-9-19-8-11(16)20-13/h2-4,6-9,14H,5H2,1H3,(H,20,21,22). The molecule has 1 aliphatic carbocycles. The Morgan fingerprint density at radius 1 is 1.37 bits per heavy atom. The second kappa shape index (κ2) is 7.24. The maximum atomic E-state index is 13.0. The maximum absolute atomic E-state index is 13.0. The first-order chi connectivity index (χ1) is 12.7. The van der Waals surface area contributed by atoms with Gasteiger partial charge in [-0.3, -0.25) is 4.98 Å². The Morgan fingerprint density at radius 2 is 2.15 bits per heavy atom. The van der Waals surface area contributed by atoms with Crippen LogP contribution in [0.25, 0.3) is 0 Å². The van der Waals surface area contributed by atoms with Gasteiger partial charge in [0.15, 0.2) is 11.6 Å². The first kappa shape index (κ1) is 19.2. The van der Waals surface area contributed by atoms with Gasteiger partial charge in [-0.1, -0.05) is 17.7 Å². The average Bonchev–Trinajstić information content (AvgIpc) is 3.03. The van der Waals surface area contributed by atoms with Gasteiger partial charge in [-0.05, 0) is 25.5 Å². The minimum absolute atomic E-state index is 0.0772. The van der Waals surface area contributed by atoms with Crippen LogP contribution in [0, 0.1) is 0 Å². The topological polar surface area (TPSA) is 99.0 Å². The molecule has 0 fully saturated rings. The predicted molar refractivity (Wildman–Crippen MR) is 94.2 cm³/mol. The Balaban J connectivity index is 1.86. The summed E-state index contributed by atoms with van der Waals surface area (Å²) in [5.41, 5.74) is 0. The van der Waals surface area contributed by atoms with Gasteiger partial charge in [-0.2, -0.15) is 12.9 Å². The van der Waals surface area contributed by atoms with Crippen molar-refractivity contribution in [1.82, 2.24) is 19.2 Å². The van der Waals surface area contributed by atoms with Crippen molar-refractivity contribution in [3.63, 3.8) is 0 Å². The molecule has 0 aromatic carbocycles. The highest BCUT2D eigenvalue weighted by molar-refractivity contribution is 7.91. The summed E-state index contributed by atoms with van der Waals surface area (Å²) in [7, 11) is -4.06. The SMILES string of the molecule is CC1(S(=O)(=O)n2ccc(Nc3cncc(Cl)n3)n2)C=C(OC(F)F)C=CC1. The lowest BCUT2D eigenvalue weighted by Crippen LogP contribution is -2.39. The molecule has 0 saturated carbocycles. The lowest BCUT2D eigenvalue weighted by Gasteiger charge is -2.27. The number of allylic oxidation sites excluding steroid dienone is 2. The van der Waals surface area contributed by atoms with Crippen molar-refractivity contribution in [3.8, 4) is 0 Å². The van der Waals surface area contributed by atoms with Crippen LogP contribution in [0.15, 0.2) is 48.6 Å². The van der Waals surface area contributed by atoms with Gasteiger partial charge in [0.25, 0.3) is 10.0 Å². The zero-order valence-electron chi connectivity index (χ0n) is 13.9. The van der Waals surface area contributed by atoms with Gasteiger partial charge in [0, 0.05) is 12.3 Å². The number of halogens is 3. The van der Waals surface area contributed by atoms with Gasteiger partial charge < -0.3 is 10.1 Å². The average molecular weight is 418 g/mol. The lowest BCUT2D eigenvalue weighted by atomic mass is 10.0. The molecular weight excluding hydrogens is 404 g/mol. The quantitative estimate of drug-likeness (QED) is 0.770. The van der Waals surface area contributed by atoms with Crippen molar-refractivity contribution in [2.24, 2.45) is 0 Å². The second-order valence-corrected chi connectivity index (χ2v) is 8.42. The van der Waals surface area contributed by atoms with E-state index in [0.717, 1.165) is 10.2 Å². The Labute approximate surface area is 158 Å². The summed E-state index contributed by atoms with van der Waals surface area (Å²) in [5.74, 6) is 0.254. The van der Waals surface area contributed by atoms with Gasteiger partial charge in [0.05, 0.1) is 12.4 Å². The third-order valence-corrected chi connectivity index (χ3v) is 6.08. The molecule has 144 valence electrons. The normalized spacial score (nSPS) is 19.8. The van der Waals surface area contributed by atoms with E-state index >= 15 is 0 Å². The molecule has 1 unspecified atom stereocenters. The summed E-state index contributed by atoms with van der Waals surface area (Å²) in [5, 5.41) is 6.92. The number of hydrogen-bond acceptors (Lipinski definition) is 7. The fourth-order valence-corrected chi connectivity index (χ4v) is 3.99. The Bertz CT molecular complexity index is 1010. The number of ether oxygens (including phenoxy) is 1. The molecule has 12 heteroatoms. The molecule has 3 rings (SSSR count). The second-order valence-electron chi connectivity index (χ2n) is 5.77. The fourth-order valence-electron chi connectivity index (χ4n) is 2.43. The molecular formula is C15H14ClF2N5O3S. The lowest BCUT2D eigenvalue weighted by molar-refractivity contribution is -0.0926. The van der Waals surface area contributed by atoms with Crippen molar-refractivity contribution in [2.75, 3.05) is 5.32 Å². The van der Waals surface area contributed by atoms with Crippen LogP contribution in [0.3, 0.4) is 0 Å². The van der Waals surface area contributed by atoms with Gasteiger partial charge in [-0.15, -0.1) is 5.10 Å². The molecule has 0 saturated heterocycles. The van der Waals surface area contributed by atoms with Crippen molar-refractivity contribution in [1.29, 1.82) is 0 Å². The van der Waals surface area contributed by atoms with E-state index in [9.17, 15) is 17.2 Å². The highest BCUT2D eigenvalue weighted by atomic mass is 35.5. The van der Waals surface area contributed by atoms with E-state index in [2.05, 4.69) is 25.1 Å². The van der Waals surface area contributed by atoms with Gasteiger partial charge in [0.2, 0.25) is 0 Å². The molecule has 2 heterocycles. The van der Waals surface area contributed by atoms with Crippen LogP contribution >= 0.6 is 11.6 Å². The van der Waals surface area contributed by atoms with E-state index in [4.69, 9.17) is 11.6 Å². The van der Waals surface area contributed by atoms with Crippen LogP contribution in [-0.2, 0) is 14.8 Å². The van der Waals surface area contributed by atoms with E-state index in [1.54, 1.807) is 0 Å². The highest BCUT2D eigenvalue weighted by Gasteiger charge is 2.40. The van der Waals surface area contributed by atoms with E-state index in [1.807, 2.05) is 0 Å². The zero-order valence-corrected chi connectivity index (χ0v) is 15.5. The number of nitrogens with one attached hydrogen (secondary N) is 1. The fraction of sp³-hybridized carbons (Fsp3) is 0.267. The van der Waals surface area contributed by atoms with Crippen molar-refractivity contribution >= 4 is 33.3 Å². The summed E-state index contributed by atoms with van der Waals surface area (Å²) in [4.78, 5) is 7.82. The molecule has 1 N–H and O–H groups in total. The van der Waals surface area contributed by atoms with Crippen molar-refractivity contribution < 1.29 is 21.9 Å². The van der Waals surface area contributed by atoms with Crippen molar-refractivity contribution in [2.45, 2.75) is 24.7 Å². The van der Waals surface area contributed by atoms with Gasteiger partial charge in [-0.25, -0.2) is 13.4 Å². The predicted octanol–water partition coefficient (Wildman–Crippen LogP) is 3.09. The molecule has 27 heavy (non-hydrogen) atoms. The first-order valence-electron chi connectivity index (χ1n) is 7.59. The smallest absolute Gasteiger partial charge is 0.387 e. The Kier molecular flexibility index (Phi) is 5.16. The maximum Gasteiger partial charge on any atom is 0.387 e. The minimum atomic E-state index is -4.06. The number of aromatic nitrogens is 4. The molecule has 0 amide bonds. The monoisotopic (exact) mass is 417 g/mol. The molecule has 1 atom stereocenters. The van der Waals surface area contributed by atoms with E-state index in [-0.39, 0.29) is 29.0 Å². The summed E-state index contributed by atoms with van der Waals surface area (Å²) < 4.78 is 54.4. The summed E-state index contributed by atoms with van der Waals surface area (Å²) in [6.45, 7) is -1.65. The number of anilines is 2.